The highest BCUT2D eigenvalue weighted by molar-refractivity contribution is 5.82. The van der Waals surface area contributed by atoms with E-state index in [0.29, 0.717) is 5.69 Å². The van der Waals surface area contributed by atoms with E-state index in [-0.39, 0.29) is 11.4 Å². The predicted molar refractivity (Wildman–Crippen MR) is 104 cm³/mol. The Bertz CT molecular complexity index is 962. The zero-order valence-electron chi connectivity index (χ0n) is 13.8. The second-order valence-electron chi connectivity index (χ2n) is 5.56. The third-order valence-corrected chi connectivity index (χ3v) is 3.77. The van der Waals surface area contributed by atoms with Crippen molar-refractivity contribution in [2.75, 3.05) is 0 Å². The summed E-state index contributed by atoms with van der Waals surface area (Å²) in [6.45, 7) is 0. The van der Waals surface area contributed by atoms with Gasteiger partial charge in [-0.15, -0.1) is 0 Å². The van der Waals surface area contributed by atoms with Gasteiger partial charge in [0.05, 0.1) is 4.92 Å². The highest BCUT2D eigenvalue weighted by Crippen LogP contribution is 2.31. The summed E-state index contributed by atoms with van der Waals surface area (Å²) >= 11 is 0. The Morgan fingerprint density at radius 3 is 2.35 bits per heavy atom. The molecule has 0 atom stereocenters. The van der Waals surface area contributed by atoms with Crippen LogP contribution in [0.15, 0.2) is 83.9 Å². The Hall–Kier alpha value is -3.73. The molecule has 0 aliphatic carbocycles. The molecule has 0 saturated carbocycles. The summed E-state index contributed by atoms with van der Waals surface area (Å²) in [6.07, 6.45) is 5.08. The molecule has 0 unspecified atom stereocenters. The molecule has 0 amide bonds. The number of allylic oxidation sites excluding steroid dienone is 1. The summed E-state index contributed by atoms with van der Waals surface area (Å²) in [6, 6.07) is 21.4. The van der Waals surface area contributed by atoms with Crippen LogP contribution in [-0.4, -0.2) is 16.2 Å². The van der Waals surface area contributed by atoms with Gasteiger partial charge in [0.15, 0.2) is 0 Å². The van der Waals surface area contributed by atoms with Crippen LogP contribution in [0.2, 0.25) is 0 Å². The molecular formula is C21H16N2O3. The van der Waals surface area contributed by atoms with Crippen molar-refractivity contribution < 1.29 is 10.0 Å². The number of nitro groups is 1. The van der Waals surface area contributed by atoms with E-state index < -0.39 is 4.92 Å². The van der Waals surface area contributed by atoms with E-state index in [1.807, 2.05) is 42.5 Å². The Balaban J connectivity index is 1.74. The summed E-state index contributed by atoms with van der Waals surface area (Å²) in [7, 11) is 0. The standard InChI is InChI=1S/C21H16N2O3/c24-21-13-10-18(17-6-2-1-3-7-17)15-20(21)22-14-4-5-16-8-11-19(12-9-16)23(25)26/h1-15,24H/b5-4+,22-14?. The van der Waals surface area contributed by atoms with E-state index >= 15 is 0 Å². The Morgan fingerprint density at radius 2 is 1.65 bits per heavy atom. The lowest BCUT2D eigenvalue weighted by atomic mass is 10.1. The lowest BCUT2D eigenvalue weighted by Crippen LogP contribution is -1.86. The van der Waals surface area contributed by atoms with Crippen LogP contribution in [0.3, 0.4) is 0 Å². The van der Waals surface area contributed by atoms with Crippen molar-refractivity contribution in [3.63, 3.8) is 0 Å². The van der Waals surface area contributed by atoms with Crippen molar-refractivity contribution in [1.29, 1.82) is 0 Å². The average molecular weight is 344 g/mol. The van der Waals surface area contributed by atoms with Crippen molar-refractivity contribution in [2.45, 2.75) is 0 Å². The van der Waals surface area contributed by atoms with Crippen molar-refractivity contribution >= 4 is 23.7 Å². The fourth-order valence-electron chi connectivity index (χ4n) is 2.42. The van der Waals surface area contributed by atoms with Gasteiger partial charge in [-0.2, -0.15) is 0 Å². The fourth-order valence-corrected chi connectivity index (χ4v) is 2.42. The number of non-ortho nitro benzene ring substituents is 1. The summed E-state index contributed by atoms with van der Waals surface area (Å²) in [4.78, 5) is 14.5. The van der Waals surface area contributed by atoms with Gasteiger partial charge in [-0.05, 0) is 47.0 Å². The van der Waals surface area contributed by atoms with Crippen molar-refractivity contribution in [1.82, 2.24) is 0 Å². The zero-order valence-corrected chi connectivity index (χ0v) is 13.8. The molecule has 0 radical (unpaired) electrons. The summed E-state index contributed by atoms with van der Waals surface area (Å²) < 4.78 is 0. The molecule has 3 rings (SSSR count). The number of phenolic OH excluding ortho intramolecular Hbond substituents is 1. The van der Waals surface area contributed by atoms with E-state index in [9.17, 15) is 15.2 Å². The molecule has 5 heteroatoms. The fraction of sp³-hybridized carbons (Fsp3) is 0. The SMILES string of the molecule is O=[N+]([O-])c1ccc(/C=C/C=Nc2cc(-c3ccccc3)ccc2O)cc1. The summed E-state index contributed by atoms with van der Waals surface area (Å²) in [5, 5.41) is 20.6. The van der Waals surface area contributed by atoms with Crippen molar-refractivity contribution in [3.05, 3.63) is 94.6 Å². The minimum absolute atomic E-state index is 0.0541. The molecule has 26 heavy (non-hydrogen) atoms. The van der Waals surface area contributed by atoms with Gasteiger partial charge in [-0.1, -0.05) is 42.5 Å². The minimum Gasteiger partial charge on any atom is -0.506 e. The van der Waals surface area contributed by atoms with Crippen LogP contribution < -0.4 is 0 Å². The highest BCUT2D eigenvalue weighted by atomic mass is 16.6. The van der Waals surface area contributed by atoms with Gasteiger partial charge in [0.25, 0.3) is 5.69 Å². The largest absolute Gasteiger partial charge is 0.506 e. The molecule has 1 N–H and O–H groups in total. The first-order chi connectivity index (χ1) is 12.6. The topological polar surface area (TPSA) is 75.7 Å². The molecule has 5 nitrogen and oxygen atoms in total. The van der Waals surface area contributed by atoms with Crippen LogP contribution in [0, 0.1) is 10.1 Å². The quantitative estimate of drug-likeness (QED) is 0.383. The summed E-state index contributed by atoms with van der Waals surface area (Å²) in [5.74, 6) is 0.102. The third kappa shape index (κ3) is 4.21. The maximum absolute atomic E-state index is 10.6. The maximum Gasteiger partial charge on any atom is 0.269 e. The lowest BCUT2D eigenvalue weighted by molar-refractivity contribution is -0.384. The van der Waals surface area contributed by atoms with Gasteiger partial charge in [-0.25, -0.2) is 0 Å². The summed E-state index contributed by atoms with van der Waals surface area (Å²) in [5.41, 5.74) is 3.36. The highest BCUT2D eigenvalue weighted by Gasteiger charge is 2.03. The molecule has 0 saturated heterocycles. The first-order valence-corrected chi connectivity index (χ1v) is 7.97. The molecule has 0 heterocycles. The maximum atomic E-state index is 10.6. The first kappa shape index (κ1) is 17.1. The molecule has 0 aromatic heterocycles. The number of nitrogens with zero attached hydrogens (tertiary/aromatic N) is 2. The number of phenols is 1. The van der Waals surface area contributed by atoms with Gasteiger partial charge in [0.2, 0.25) is 0 Å². The zero-order chi connectivity index (χ0) is 18.4. The number of benzene rings is 3. The monoisotopic (exact) mass is 344 g/mol. The number of hydrogen-bond acceptors (Lipinski definition) is 4. The number of aliphatic imine (C=N–C) groups is 1. The second kappa shape index (κ2) is 7.90. The van der Waals surface area contributed by atoms with Crippen LogP contribution in [0.4, 0.5) is 11.4 Å². The van der Waals surface area contributed by atoms with E-state index in [1.54, 1.807) is 36.6 Å². The van der Waals surface area contributed by atoms with Gasteiger partial charge in [0.1, 0.15) is 11.4 Å². The second-order valence-corrected chi connectivity index (χ2v) is 5.56. The molecule has 0 fully saturated rings. The number of aromatic hydroxyl groups is 1. The number of rotatable bonds is 5. The average Bonchev–Trinajstić information content (AvgIpc) is 2.67. The molecule has 0 spiro atoms. The van der Waals surface area contributed by atoms with Gasteiger partial charge in [0, 0.05) is 18.3 Å². The number of hydrogen-bond donors (Lipinski definition) is 1. The molecule has 3 aromatic carbocycles. The molecular weight excluding hydrogens is 328 g/mol. The molecule has 0 aliphatic heterocycles. The van der Waals surface area contributed by atoms with Crippen molar-refractivity contribution in [3.8, 4) is 16.9 Å². The van der Waals surface area contributed by atoms with Crippen molar-refractivity contribution in [2.24, 2.45) is 4.99 Å². The molecule has 0 bridgehead atoms. The Morgan fingerprint density at radius 1 is 0.923 bits per heavy atom. The minimum atomic E-state index is -0.433. The van der Waals surface area contributed by atoms with Crippen LogP contribution >= 0.6 is 0 Å². The van der Waals surface area contributed by atoms with Crippen LogP contribution in [0.5, 0.6) is 5.75 Å². The van der Waals surface area contributed by atoms with Gasteiger partial charge >= 0.3 is 0 Å². The first-order valence-electron chi connectivity index (χ1n) is 7.97. The van der Waals surface area contributed by atoms with Crippen LogP contribution in [-0.2, 0) is 0 Å². The Labute approximate surface area is 150 Å². The molecule has 3 aromatic rings. The van der Waals surface area contributed by atoms with E-state index in [1.165, 1.54) is 12.1 Å². The van der Waals surface area contributed by atoms with Gasteiger partial charge < -0.3 is 5.11 Å². The lowest BCUT2D eigenvalue weighted by Gasteiger charge is -2.04. The molecule has 128 valence electrons. The predicted octanol–water partition coefficient (Wildman–Crippen LogP) is 5.38. The Kier molecular flexibility index (Phi) is 5.19. The third-order valence-electron chi connectivity index (χ3n) is 3.77. The van der Waals surface area contributed by atoms with E-state index in [2.05, 4.69) is 4.99 Å². The van der Waals surface area contributed by atoms with Gasteiger partial charge in [-0.3, -0.25) is 15.1 Å². The normalized spacial score (nSPS) is 11.2. The van der Waals surface area contributed by atoms with Crippen LogP contribution in [0.25, 0.3) is 17.2 Å². The van der Waals surface area contributed by atoms with E-state index in [0.717, 1.165) is 16.7 Å². The van der Waals surface area contributed by atoms with E-state index in [4.69, 9.17) is 0 Å². The number of nitro benzene ring substituents is 1. The molecule has 0 aliphatic rings. The smallest absolute Gasteiger partial charge is 0.269 e. The van der Waals surface area contributed by atoms with Crippen LogP contribution in [0.1, 0.15) is 5.56 Å².